The molecule has 0 heterocycles. The van der Waals surface area contributed by atoms with E-state index in [-0.39, 0.29) is 17.3 Å². The third-order valence-electron chi connectivity index (χ3n) is 6.37. The van der Waals surface area contributed by atoms with E-state index in [0.29, 0.717) is 12.2 Å². The fourth-order valence-electron chi connectivity index (χ4n) is 4.26. The number of nitrogens with zero attached hydrogens (tertiary/aromatic N) is 2. The third-order valence-corrected chi connectivity index (χ3v) is 8.16. The van der Waals surface area contributed by atoms with Gasteiger partial charge in [-0.25, -0.2) is 8.42 Å². The Hall–Kier alpha value is -3.65. The number of nitrogens with one attached hydrogen (secondary N) is 1. The van der Waals surface area contributed by atoms with Gasteiger partial charge in [0, 0.05) is 13.1 Å². The average Bonchev–Trinajstić information content (AvgIpc) is 2.86. The van der Waals surface area contributed by atoms with Crippen LogP contribution in [-0.4, -0.2) is 44.3 Å². The zero-order valence-corrected chi connectivity index (χ0v) is 23.8. The molecule has 0 aliphatic carbocycles. The van der Waals surface area contributed by atoms with Crippen molar-refractivity contribution in [3.8, 4) is 0 Å². The van der Waals surface area contributed by atoms with Crippen LogP contribution in [-0.2, 0) is 26.2 Å². The van der Waals surface area contributed by atoms with E-state index in [4.69, 9.17) is 0 Å². The van der Waals surface area contributed by atoms with Crippen molar-refractivity contribution in [1.82, 2.24) is 10.2 Å². The quantitative estimate of drug-likeness (QED) is 0.409. The predicted octanol–water partition coefficient (Wildman–Crippen LogP) is 4.67. The van der Waals surface area contributed by atoms with Crippen molar-refractivity contribution in [2.75, 3.05) is 17.4 Å². The Morgan fingerprint density at radius 2 is 1.34 bits per heavy atom. The van der Waals surface area contributed by atoms with E-state index in [1.165, 1.54) is 4.90 Å². The van der Waals surface area contributed by atoms with Crippen LogP contribution in [0.5, 0.6) is 0 Å². The van der Waals surface area contributed by atoms with Crippen LogP contribution in [0.1, 0.15) is 41.7 Å². The van der Waals surface area contributed by atoms with Crippen LogP contribution in [0.25, 0.3) is 0 Å². The number of rotatable bonds is 10. The Bertz CT molecular complexity index is 1360. The molecule has 7 nitrogen and oxygen atoms in total. The molecule has 202 valence electrons. The van der Waals surface area contributed by atoms with E-state index < -0.39 is 28.5 Å². The van der Waals surface area contributed by atoms with Crippen LogP contribution in [0.15, 0.2) is 71.6 Å². The molecule has 0 saturated heterocycles. The highest BCUT2D eigenvalue weighted by Crippen LogP contribution is 2.27. The lowest BCUT2D eigenvalue weighted by Gasteiger charge is -2.32. The van der Waals surface area contributed by atoms with Gasteiger partial charge in [0.2, 0.25) is 11.8 Å². The molecule has 2 amide bonds. The highest BCUT2D eigenvalue weighted by Gasteiger charge is 2.32. The molecule has 1 N–H and O–H groups in total. The number of amides is 2. The van der Waals surface area contributed by atoms with Gasteiger partial charge in [0.1, 0.15) is 12.6 Å². The lowest BCUT2D eigenvalue weighted by Crippen LogP contribution is -2.51. The van der Waals surface area contributed by atoms with E-state index in [0.717, 1.165) is 32.1 Å². The van der Waals surface area contributed by atoms with Crippen molar-refractivity contribution in [2.24, 2.45) is 0 Å². The monoisotopic (exact) mass is 535 g/mol. The molecule has 1 atom stereocenters. The summed E-state index contributed by atoms with van der Waals surface area (Å²) in [5.74, 6) is -0.772. The molecular weight excluding hydrogens is 498 g/mol. The summed E-state index contributed by atoms with van der Waals surface area (Å²) < 4.78 is 29.0. The van der Waals surface area contributed by atoms with E-state index >= 15 is 0 Å². The number of aryl methyl sites for hydroxylation is 4. The van der Waals surface area contributed by atoms with Crippen molar-refractivity contribution >= 4 is 27.5 Å². The molecule has 0 aliphatic rings. The molecule has 8 heteroatoms. The number of carbonyl (C=O) groups is 2. The lowest BCUT2D eigenvalue weighted by atomic mass is 10.1. The maximum atomic E-state index is 13.9. The molecule has 0 saturated carbocycles. The minimum atomic E-state index is -4.08. The van der Waals surface area contributed by atoms with Gasteiger partial charge in [-0.05, 0) is 82.5 Å². The normalized spacial score (nSPS) is 12.1. The van der Waals surface area contributed by atoms with Crippen LogP contribution in [0.4, 0.5) is 5.69 Å². The molecule has 3 aromatic rings. The van der Waals surface area contributed by atoms with E-state index in [1.54, 1.807) is 43.3 Å². The minimum Gasteiger partial charge on any atom is -0.355 e. The highest BCUT2D eigenvalue weighted by molar-refractivity contribution is 7.92. The second-order valence-electron chi connectivity index (χ2n) is 9.75. The van der Waals surface area contributed by atoms with Gasteiger partial charge >= 0.3 is 0 Å². The third kappa shape index (κ3) is 7.01. The smallest absolute Gasteiger partial charge is 0.264 e. The summed E-state index contributed by atoms with van der Waals surface area (Å²) in [6.45, 7) is 11.2. The van der Waals surface area contributed by atoms with Crippen LogP contribution in [0.2, 0.25) is 0 Å². The fourth-order valence-corrected chi connectivity index (χ4v) is 5.65. The standard InChI is InChI=1S/C30H37N3O4S/c1-7-31-30(35)25(6)32(19-26-12-8-21(2)9-13-26)29(34)20-33(27-17-23(4)16-24(5)18-27)38(36,37)28-14-10-22(3)11-15-28/h8-18,25H,7,19-20H2,1-6H3,(H,31,35)/t25-/m1/s1. The van der Waals surface area contributed by atoms with Crippen LogP contribution in [0.3, 0.4) is 0 Å². The number of hydrogen-bond acceptors (Lipinski definition) is 4. The van der Waals surface area contributed by atoms with Crippen LogP contribution >= 0.6 is 0 Å². The van der Waals surface area contributed by atoms with E-state index in [9.17, 15) is 18.0 Å². The van der Waals surface area contributed by atoms with Gasteiger partial charge in [-0.15, -0.1) is 0 Å². The van der Waals surface area contributed by atoms with Crippen molar-refractivity contribution in [2.45, 2.75) is 59.0 Å². The largest absolute Gasteiger partial charge is 0.355 e. The van der Waals surface area contributed by atoms with Crippen LogP contribution in [0, 0.1) is 27.7 Å². The molecule has 0 fully saturated rings. The topological polar surface area (TPSA) is 86.8 Å². The lowest BCUT2D eigenvalue weighted by molar-refractivity contribution is -0.139. The molecule has 3 aromatic carbocycles. The molecule has 0 spiro atoms. The van der Waals surface area contributed by atoms with Crippen molar-refractivity contribution < 1.29 is 18.0 Å². The number of carbonyl (C=O) groups excluding carboxylic acids is 2. The Morgan fingerprint density at radius 3 is 1.87 bits per heavy atom. The zero-order valence-electron chi connectivity index (χ0n) is 23.0. The maximum Gasteiger partial charge on any atom is 0.264 e. The Balaban J connectivity index is 2.06. The molecule has 0 aromatic heterocycles. The number of hydrogen-bond donors (Lipinski definition) is 1. The molecule has 38 heavy (non-hydrogen) atoms. The number of likely N-dealkylation sites (N-methyl/N-ethyl adjacent to an activating group) is 1. The Kier molecular flexibility index (Phi) is 9.33. The summed E-state index contributed by atoms with van der Waals surface area (Å²) in [5, 5.41) is 2.77. The molecule has 3 rings (SSSR count). The first kappa shape index (κ1) is 28.9. The number of anilines is 1. The van der Waals surface area contributed by atoms with E-state index in [2.05, 4.69) is 5.32 Å². The zero-order chi connectivity index (χ0) is 28.0. The summed E-state index contributed by atoms with van der Waals surface area (Å²) in [5.41, 5.74) is 5.01. The van der Waals surface area contributed by atoms with Gasteiger partial charge in [0.25, 0.3) is 10.0 Å². The van der Waals surface area contributed by atoms with Crippen LogP contribution < -0.4 is 9.62 Å². The second-order valence-corrected chi connectivity index (χ2v) is 11.6. The van der Waals surface area contributed by atoms with Gasteiger partial charge in [-0.2, -0.15) is 0 Å². The molecule has 0 radical (unpaired) electrons. The molecule has 0 unspecified atom stereocenters. The summed E-state index contributed by atoms with van der Waals surface area (Å²) in [4.78, 5) is 28.2. The summed E-state index contributed by atoms with van der Waals surface area (Å²) in [7, 11) is -4.08. The molecule has 0 aliphatic heterocycles. The predicted molar refractivity (Wildman–Crippen MR) is 152 cm³/mol. The highest BCUT2D eigenvalue weighted by atomic mass is 32.2. The summed E-state index contributed by atoms with van der Waals surface area (Å²) in [6, 6.07) is 18.9. The van der Waals surface area contributed by atoms with Gasteiger partial charge in [-0.3, -0.25) is 13.9 Å². The molecule has 0 bridgehead atoms. The molecular formula is C30H37N3O4S. The summed E-state index contributed by atoms with van der Waals surface area (Å²) in [6.07, 6.45) is 0. The number of sulfonamides is 1. The number of benzene rings is 3. The first-order valence-electron chi connectivity index (χ1n) is 12.7. The van der Waals surface area contributed by atoms with Crippen molar-refractivity contribution in [1.29, 1.82) is 0 Å². The van der Waals surface area contributed by atoms with Gasteiger partial charge in [0.15, 0.2) is 0 Å². The second kappa shape index (κ2) is 12.3. The van der Waals surface area contributed by atoms with Crippen molar-refractivity contribution in [3.63, 3.8) is 0 Å². The van der Waals surface area contributed by atoms with Gasteiger partial charge in [0.05, 0.1) is 10.6 Å². The van der Waals surface area contributed by atoms with Crippen molar-refractivity contribution in [3.05, 3.63) is 94.5 Å². The SMILES string of the molecule is CCNC(=O)[C@@H](C)N(Cc1ccc(C)cc1)C(=O)CN(c1cc(C)cc(C)c1)S(=O)(=O)c1ccc(C)cc1. The fraction of sp³-hybridized carbons (Fsp3) is 0.333. The van der Waals surface area contributed by atoms with Gasteiger partial charge < -0.3 is 10.2 Å². The van der Waals surface area contributed by atoms with E-state index in [1.807, 2.05) is 65.0 Å². The minimum absolute atomic E-state index is 0.0944. The average molecular weight is 536 g/mol. The summed E-state index contributed by atoms with van der Waals surface area (Å²) >= 11 is 0. The Labute approximate surface area is 226 Å². The maximum absolute atomic E-state index is 13.9. The Morgan fingerprint density at radius 1 is 0.816 bits per heavy atom. The first-order chi connectivity index (χ1) is 17.9. The van der Waals surface area contributed by atoms with Gasteiger partial charge in [-0.1, -0.05) is 53.6 Å². The first-order valence-corrected chi connectivity index (χ1v) is 14.2.